The van der Waals surface area contributed by atoms with Gasteiger partial charge in [-0.15, -0.1) is 0 Å². The van der Waals surface area contributed by atoms with Crippen molar-refractivity contribution in [3.05, 3.63) is 0 Å². The number of carbonyl (C=O) groups is 2. The summed E-state index contributed by atoms with van der Waals surface area (Å²) in [5, 5.41) is 14.5. The molecule has 1 atom stereocenters. The van der Waals surface area contributed by atoms with Crippen LogP contribution in [-0.4, -0.2) is 53.7 Å². The van der Waals surface area contributed by atoms with Gasteiger partial charge in [-0.3, -0.25) is 0 Å². The fraction of sp³-hybridized carbons (Fsp3) is 0.857. The zero-order valence-corrected chi connectivity index (χ0v) is 12.6. The van der Waals surface area contributed by atoms with Crippen molar-refractivity contribution in [3.63, 3.8) is 0 Å². The number of rotatable bonds is 8. The minimum absolute atomic E-state index is 0.398. The van der Waals surface area contributed by atoms with Crippen LogP contribution in [0.4, 0.5) is 4.79 Å². The van der Waals surface area contributed by atoms with Gasteiger partial charge in [-0.1, -0.05) is 13.3 Å². The minimum atomic E-state index is -1.19. The first-order valence-corrected chi connectivity index (χ1v) is 7.49. The van der Waals surface area contributed by atoms with Crippen LogP contribution in [0.1, 0.15) is 46.0 Å². The zero-order valence-electron chi connectivity index (χ0n) is 12.6. The van der Waals surface area contributed by atoms with Gasteiger partial charge in [0.1, 0.15) is 5.54 Å². The number of hydrogen-bond acceptors (Lipinski definition) is 3. The minimum Gasteiger partial charge on any atom is -0.480 e. The number of nitrogens with zero attached hydrogens (tertiary/aromatic N) is 1. The van der Waals surface area contributed by atoms with E-state index in [1.807, 2.05) is 6.92 Å². The highest BCUT2D eigenvalue weighted by Gasteiger charge is 2.33. The predicted octanol–water partition coefficient (Wildman–Crippen LogP) is 1.41. The van der Waals surface area contributed by atoms with E-state index in [2.05, 4.69) is 15.5 Å². The SMILES string of the molecule is CCCC(C)(NC(=O)NCCCN1CCCC1)C(=O)O. The van der Waals surface area contributed by atoms with E-state index >= 15 is 0 Å². The molecule has 1 rings (SSSR count). The molecule has 0 aromatic heterocycles. The predicted molar refractivity (Wildman–Crippen MR) is 77.8 cm³/mol. The lowest BCUT2D eigenvalue weighted by Gasteiger charge is -2.26. The molecular weight excluding hydrogens is 258 g/mol. The van der Waals surface area contributed by atoms with Gasteiger partial charge in [-0.2, -0.15) is 0 Å². The molecule has 0 aliphatic carbocycles. The van der Waals surface area contributed by atoms with Gasteiger partial charge in [0.05, 0.1) is 0 Å². The molecule has 0 radical (unpaired) electrons. The molecule has 0 saturated carbocycles. The molecule has 0 spiro atoms. The van der Waals surface area contributed by atoms with Crippen molar-refractivity contribution in [3.8, 4) is 0 Å². The van der Waals surface area contributed by atoms with E-state index in [9.17, 15) is 14.7 Å². The summed E-state index contributed by atoms with van der Waals surface area (Å²) in [6.45, 7) is 7.31. The van der Waals surface area contributed by atoms with Crippen LogP contribution in [0.15, 0.2) is 0 Å². The quantitative estimate of drug-likeness (QED) is 0.589. The normalized spacial score (nSPS) is 18.5. The Labute approximate surface area is 120 Å². The Morgan fingerprint density at radius 3 is 2.50 bits per heavy atom. The molecule has 1 aliphatic heterocycles. The van der Waals surface area contributed by atoms with Gasteiger partial charge in [0, 0.05) is 6.54 Å². The molecule has 6 heteroatoms. The molecule has 20 heavy (non-hydrogen) atoms. The van der Waals surface area contributed by atoms with Crippen LogP contribution in [0.25, 0.3) is 0 Å². The first kappa shape index (κ1) is 16.8. The number of aliphatic carboxylic acids is 1. The lowest BCUT2D eigenvalue weighted by Crippen LogP contribution is -2.55. The maximum atomic E-state index is 11.7. The second-order valence-electron chi connectivity index (χ2n) is 5.67. The largest absolute Gasteiger partial charge is 0.480 e. The average Bonchev–Trinajstić information content (AvgIpc) is 2.87. The summed E-state index contributed by atoms with van der Waals surface area (Å²) < 4.78 is 0. The molecule has 3 N–H and O–H groups in total. The molecule has 0 aromatic rings. The van der Waals surface area contributed by atoms with Gasteiger partial charge in [0.25, 0.3) is 0 Å². The number of likely N-dealkylation sites (tertiary alicyclic amines) is 1. The number of carbonyl (C=O) groups excluding carboxylic acids is 1. The number of nitrogens with one attached hydrogen (secondary N) is 2. The van der Waals surface area contributed by atoms with E-state index in [1.165, 1.54) is 12.8 Å². The van der Waals surface area contributed by atoms with E-state index in [0.29, 0.717) is 19.4 Å². The third kappa shape index (κ3) is 5.36. The Hall–Kier alpha value is -1.30. The number of hydrogen-bond donors (Lipinski definition) is 3. The number of carboxylic acids is 1. The summed E-state index contributed by atoms with van der Waals surface area (Å²) in [4.78, 5) is 25.3. The lowest BCUT2D eigenvalue weighted by atomic mass is 9.97. The molecule has 1 unspecified atom stereocenters. The topological polar surface area (TPSA) is 81.7 Å². The maximum Gasteiger partial charge on any atom is 0.329 e. The summed E-state index contributed by atoms with van der Waals surface area (Å²) in [5.41, 5.74) is -1.19. The molecule has 1 aliphatic rings. The molecule has 6 nitrogen and oxygen atoms in total. The lowest BCUT2D eigenvalue weighted by molar-refractivity contribution is -0.144. The van der Waals surface area contributed by atoms with Crippen LogP contribution in [0.2, 0.25) is 0 Å². The fourth-order valence-electron chi connectivity index (χ4n) is 2.53. The van der Waals surface area contributed by atoms with Gasteiger partial charge in [-0.25, -0.2) is 9.59 Å². The summed E-state index contributed by atoms with van der Waals surface area (Å²) >= 11 is 0. The Bertz CT molecular complexity index is 330. The van der Waals surface area contributed by atoms with E-state index in [1.54, 1.807) is 6.92 Å². The Balaban J connectivity index is 2.22. The van der Waals surface area contributed by atoms with Crippen molar-refractivity contribution in [2.75, 3.05) is 26.2 Å². The van der Waals surface area contributed by atoms with Crippen LogP contribution >= 0.6 is 0 Å². The molecule has 0 bridgehead atoms. The van der Waals surface area contributed by atoms with Crippen LogP contribution in [0.3, 0.4) is 0 Å². The molecule has 1 fully saturated rings. The summed E-state index contributed by atoms with van der Waals surface area (Å²) in [7, 11) is 0. The van der Waals surface area contributed by atoms with Crippen molar-refractivity contribution >= 4 is 12.0 Å². The second kappa shape index (κ2) is 8.09. The van der Waals surface area contributed by atoms with Crippen molar-refractivity contribution in [2.45, 2.75) is 51.5 Å². The van der Waals surface area contributed by atoms with Crippen molar-refractivity contribution in [1.29, 1.82) is 0 Å². The molecule has 0 aromatic carbocycles. The van der Waals surface area contributed by atoms with Gasteiger partial charge in [0.15, 0.2) is 0 Å². The van der Waals surface area contributed by atoms with Crippen LogP contribution in [0.5, 0.6) is 0 Å². The van der Waals surface area contributed by atoms with Crippen LogP contribution in [-0.2, 0) is 4.79 Å². The Kier molecular flexibility index (Phi) is 6.78. The van der Waals surface area contributed by atoms with Gasteiger partial charge >= 0.3 is 12.0 Å². The summed E-state index contributed by atoms with van der Waals surface area (Å²) in [5.74, 6) is -0.994. The molecule has 2 amide bonds. The standard InChI is InChI=1S/C14H27N3O3/c1-3-7-14(2,12(18)19)16-13(20)15-8-6-11-17-9-4-5-10-17/h3-11H2,1-2H3,(H,18,19)(H2,15,16,20). The molecular formula is C14H27N3O3. The number of carboxylic acid groups (broad SMARTS) is 1. The third-order valence-electron chi connectivity index (χ3n) is 3.75. The zero-order chi connectivity index (χ0) is 15.0. The summed E-state index contributed by atoms with van der Waals surface area (Å²) in [6, 6.07) is -0.398. The van der Waals surface area contributed by atoms with E-state index in [0.717, 1.165) is 26.1 Å². The van der Waals surface area contributed by atoms with E-state index in [4.69, 9.17) is 0 Å². The first-order chi connectivity index (χ1) is 9.48. The second-order valence-corrected chi connectivity index (χ2v) is 5.67. The number of amides is 2. The van der Waals surface area contributed by atoms with Gasteiger partial charge in [-0.05, 0) is 52.2 Å². The first-order valence-electron chi connectivity index (χ1n) is 7.49. The van der Waals surface area contributed by atoms with Gasteiger partial charge in [0.2, 0.25) is 0 Å². The van der Waals surface area contributed by atoms with Crippen LogP contribution < -0.4 is 10.6 Å². The molecule has 1 saturated heterocycles. The number of urea groups is 1. The molecule has 1 heterocycles. The van der Waals surface area contributed by atoms with Crippen molar-refractivity contribution in [1.82, 2.24) is 15.5 Å². The van der Waals surface area contributed by atoms with Crippen molar-refractivity contribution < 1.29 is 14.7 Å². The molecule has 116 valence electrons. The van der Waals surface area contributed by atoms with Gasteiger partial charge < -0.3 is 20.6 Å². The third-order valence-corrected chi connectivity index (χ3v) is 3.75. The monoisotopic (exact) mass is 285 g/mol. The Morgan fingerprint density at radius 1 is 1.30 bits per heavy atom. The Morgan fingerprint density at radius 2 is 1.95 bits per heavy atom. The van der Waals surface area contributed by atoms with E-state index in [-0.39, 0.29) is 0 Å². The smallest absolute Gasteiger partial charge is 0.329 e. The van der Waals surface area contributed by atoms with Crippen molar-refractivity contribution in [2.24, 2.45) is 0 Å². The highest BCUT2D eigenvalue weighted by atomic mass is 16.4. The van der Waals surface area contributed by atoms with Crippen LogP contribution in [0, 0.1) is 0 Å². The van der Waals surface area contributed by atoms with E-state index < -0.39 is 17.5 Å². The average molecular weight is 285 g/mol. The fourth-order valence-corrected chi connectivity index (χ4v) is 2.53. The highest BCUT2D eigenvalue weighted by molar-refractivity contribution is 5.85. The maximum absolute atomic E-state index is 11.7. The summed E-state index contributed by atoms with van der Waals surface area (Å²) in [6.07, 6.45) is 4.55. The highest BCUT2D eigenvalue weighted by Crippen LogP contribution is 2.12.